The van der Waals surface area contributed by atoms with Crippen LogP contribution in [0.2, 0.25) is 0 Å². The van der Waals surface area contributed by atoms with Gasteiger partial charge in [-0.25, -0.2) is 4.79 Å². The molecule has 0 bridgehead atoms. The molecule has 0 aromatic heterocycles. The number of hydrogen-bond donors (Lipinski definition) is 4. The van der Waals surface area contributed by atoms with Gasteiger partial charge in [-0.2, -0.15) is 0 Å². The first-order chi connectivity index (χ1) is 3.46. The SMILES string of the molecule is O=C(O)O.O=[Si](O)O.[LiH].[NaH]. The van der Waals surface area contributed by atoms with E-state index in [9.17, 15) is 0 Å². The molecule has 0 fully saturated rings. The Morgan fingerprint density at radius 2 is 1.20 bits per heavy atom. The van der Waals surface area contributed by atoms with Crippen LogP contribution in [0.4, 0.5) is 4.79 Å². The van der Waals surface area contributed by atoms with Gasteiger partial charge in [0.25, 0.3) is 0 Å². The third-order valence-corrected chi connectivity index (χ3v) is 0. The van der Waals surface area contributed by atoms with E-state index in [1.807, 2.05) is 0 Å². The summed E-state index contributed by atoms with van der Waals surface area (Å²) in [5.74, 6) is 0. The second kappa shape index (κ2) is 16.2. The molecule has 0 aromatic carbocycles. The standard InChI is InChI=1S/CH2O3.Li.Na.H2O3Si.2H/c2-1(3)4;;;1-4(2)3;;/h(H2,2,3,4);;;1-2H;;. The van der Waals surface area contributed by atoms with Gasteiger partial charge in [-0.1, -0.05) is 0 Å². The zero-order valence-electron chi connectivity index (χ0n) is 3.61. The summed E-state index contributed by atoms with van der Waals surface area (Å²) in [5, 5.41) is 13.9. The van der Waals surface area contributed by atoms with Gasteiger partial charge >= 0.3 is 63.7 Å². The van der Waals surface area contributed by atoms with Crippen LogP contribution in [0.5, 0.6) is 0 Å². The Morgan fingerprint density at radius 3 is 1.20 bits per heavy atom. The van der Waals surface area contributed by atoms with E-state index < -0.39 is 15.3 Å². The van der Waals surface area contributed by atoms with Crippen LogP contribution in [0, 0.1) is 0 Å². The predicted octanol–water partition coefficient (Wildman–Crippen LogP) is -2.69. The summed E-state index contributed by atoms with van der Waals surface area (Å²) < 4.78 is 8.74. The topological polar surface area (TPSA) is 115 Å². The van der Waals surface area contributed by atoms with Crippen molar-refractivity contribution in [2.45, 2.75) is 0 Å². The van der Waals surface area contributed by atoms with Gasteiger partial charge in [0, 0.05) is 0 Å². The van der Waals surface area contributed by atoms with Crippen molar-refractivity contribution in [3.05, 3.63) is 0 Å². The van der Waals surface area contributed by atoms with Crippen LogP contribution in [0.3, 0.4) is 0 Å². The molecule has 0 spiro atoms. The minimum absolute atomic E-state index is 0. The van der Waals surface area contributed by atoms with Crippen molar-refractivity contribution in [3.8, 4) is 0 Å². The van der Waals surface area contributed by atoms with Crippen LogP contribution in [-0.2, 0) is 4.46 Å². The Hall–Kier alpha value is 0.484. The maximum atomic E-state index is 8.74. The molecule has 0 unspecified atom stereocenters. The molecule has 0 aromatic rings. The van der Waals surface area contributed by atoms with Crippen molar-refractivity contribution in [2.24, 2.45) is 0 Å². The van der Waals surface area contributed by atoms with E-state index >= 15 is 0 Å². The zero-order chi connectivity index (χ0) is 7.15. The molecule has 0 aliphatic heterocycles. The second-order valence-electron chi connectivity index (χ2n) is 0.565. The minimum atomic E-state index is -3.13. The summed E-state index contributed by atoms with van der Waals surface area (Å²) in [5.41, 5.74) is 0. The molecule has 6 nitrogen and oxygen atoms in total. The molecule has 9 heteroatoms. The average molecular weight is 172 g/mol. The van der Waals surface area contributed by atoms with Crippen LogP contribution in [0.1, 0.15) is 0 Å². The molecule has 4 N–H and O–H groups in total. The monoisotopic (exact) mass is 172 g/mol. The molecule has 0 saturated carbocycles. The van der Waals surface area contributed by atoms with Crippen LogP contribution in [0.25, 0.3) is 0 Å². The van der Waals surface area contributed by atoms with E-state index in [1.54, 1.807) is 0 Å². The van der Waals surface area contributed by atoms with Crippen molar-refractivity contribution in [2.75, 3.05) is 0 Å². The number of hydrogen-bond acceptors (Lipinski definition) is 2. The third-order valence-electron chi connectivity index (χ3n) is 0. The van der Waals surface area contributed by atoms with Crippen LogP contribution >= 0.6 is 0 Å². The Kier molecular flexibility index (Phi) is 36.4. The van der Waals surface area contributed by atoms with Crippen molar-refractivity contribution in [1.82, 2.24) is 0 Å². The van der Waals surface area contributed by atoms with Gasteiger partial charge in [0.05, 0.1) is 0 Å². The molecule has 52 valence electrons. The van der Waals surface area contributed by atoms with Gasteiger partial charge in [-0.3, -0.25) is 4.46 Å². The molecular weight excluding hydrogens is 166 g/mol. The summed E-state index contributed by atoms with van der Waals surface area (Å²) in [4.78, 5) is 22.9. The molecule has 0 saturated heterocycles. The number of carbonyl (C=O) groups is 1. The molecule has 0 rings (SSSR count). The molecule has 0 aliphatic rings. The Bertz CT molecular complexity index is 75.7. The summed E-state index contributed by atoms with van der Waals surface area (Å²) in [6.45, 7) is 0. The summed E-state index contributed by atoms with van der Waals surface area (Å²) >= 11 is 0. The number of carboxylic acid groups (broad SMARTS) is 2. The van der Waals surface area contributed by atoms with E-state index in [1.165, 1.54) is 0 Å². The first kappa shape index (κ1) is 22.4. The normalized spacial score (nSPS) is 4.80. The van der Waals surface area contributed by atoms with Gasteiger partial charge in [0.15, 0.2) is 0 Å². The average Bonchev–Trinajstić information content (AvgIpc) is 1.25. The first-order valence-corrected chi connectivity index (χ1v) is 2.61. The van der Waals surface area contributed by atoms with Gasteiger partial charge in [0.1, 0.15) is 0 Å². The van der Waals surface area contributed by atoms with Gasteiger partial charge in [-0.05, 0) is 0 Å². The second-order valence-corrected chi connectivity index (χ2v) is 1.13. The van der Waals surface area contributed by atoms with E-state index in [-0.39, 0.29) is 48.4 Å². The van der Waals surface area contributed by atoms with Gasteiger partial charge in [0.2, 0.25) is 0 Å². The van der Waals surface area contributed by atoms with E-state index in [0.717, 1.165) is 0 Å². The number of rotatable bonds is 0. The van der Waals surface area contributed by atoms with Crippen LogP contribution < -0.4 is 0 Å². The fraction of sp³-hybridized carbons (Fsp3) is 0. The van der Waals surface area contributed by atoms with Gasteiger partial charge in [-0.15, -0.1) is 0 Å². The summed E-state index contributed by atoms with van der Waals surface area (Å²) in [7, 11) is -3.13. The van der Waals surface area contributed by atoms with Crippen LogP contribution in [0.15, 0.2) is 0 Å². The Balaban J connectivity index is -0.0000000300. The molecule has 0 radical (unpaired) electrons. The predicted molar refractivity (Wildman–Crippen MR) is 35.8 cm³/mol. The third kappa shape index (κ3) is 2030. The van der Waals surface area contributed by atoms with E-state index in [4.69, 9.17) is 29.1 Å². The quantitative estimate of drug-likeness (QED) is 0.296. The van der Waals surface area contributed by atoms with E-state index in [2.05, 4.69) is 0 Å². The molecule has 0 amide bonds. The van der Waals surface area contributed by atoms with E-state index in [0.29, 0.717) is 0 Å². The van der Waals surface area contributed by atoms with Crippen LogP contribution in [-0.4, -0.2) is 83.5 Å². The molecular formula is CH6LiNaO6Si. The fourth-order valence-electron chi connectivity index (χ4n) is 0. The molecule has 0 heterocycles. The summed E-state index contributed by atoms with van der Waals surface area (Å²) in [6, 6.07) is 0. The van der Waals surface area contributed by atoms with Crippen molar-refractivity contribution in [1.29, 1.82) is 0 Å². The molecule has 0 aliphatic carbocycles. The van der Waals surface area contributed by atoms with Crippen molar-refractivity contribution < 1.29 is 29.1 Å². The fourth-order valence-corrected chi connectivity index (χ4v) is 0. The summed E-state index contributed by atoms with van der Waals surface area (Å²) in [6.07, 6.45) is -1.83. The van der Waals surface area contributed by atoms with Crippen molar-refractivity contribution in [3.63, 3.8) is 0 Å². The molecule has 0 atom stereocenters. The Labute approximate surface area is 92.2 Å². The zero-order valence-corrected chi connectivity index (χ0v) is 4.61. The van der Waals surface area contributed by atoms with Crippen molar-refractivity contribution >= 4 is 63.7 Å². The Morgan fingerprint density at radius 1 is 1.20 bits per heavy atom. The first-order valence-electron chi connectivity index (χ1n) is 1.30. The molecule has 10 heavy (non-hydrogen) atoms. The maximum absolute atomic E-state index is 8.74. The van der Waals surface area contributed by atoms with Gasteiger partial charge < -0.3 is 19.8 Å².